The summed E-state index contributed by atoms with van der Waals surface area (Å²) in [6.45, 7) is 1.58. The molecule has 52 valence electrons. The van der Waals surface area contributed by atoms with Gasteiger partial charge in [0, 0.05) is 5.57 Å². The van der Waals surface area contributed by atoms with Crippen LogP contribution in [0.25, 0.3) is 0 Å². The maximum absolute atomic E-state index is 10.8. The van der Waals surface area contributed by atoms with E-state index in [4.69, 9.17) is 11.6 Å². The first-order chi connectivity index (χ1) is 4.63. The second-order valence-electron chi connectivity index (χ2n) is 2.02. The zero-order chi connectivity index (χ0) is 7.72. The summed E-state index contributed by atoms with van der Waals surface area (Å²) in [5, 5.41) is -0.00407. The maximum Gasteiger partial charge on any atom is 0.244 e. The van der Waals surface area contributed by atoms with Crippen molar-refractivity contribution in [1.82, 2.24) is 0 Å². The normalized spacial score (nSPS) is 18.6. The predicted octanol–water partition coefficient (Wildman–Crippen LogP) is 1.21. The number of rotatable bonds is 0. The quantitative estimate of drug-likeness (QED) is 0.390. The Labute approximate surface area is 63.2 Å². The molecule has 1 aliphatic rings. The molecule has 0 saturated carbocycles. The first-order valence-electron chi connectivity index (χ1n) is 2.76. The fourth-order valence-corrected chi connectivity index (χ4v) is 0.786. The molecule has 0 aliphatic heterocycles. The highest BCUT2D eigenvalue weighted by molar-refractivity contribution is 6.61. The summed E-state index contributed by atoms with van der Waals surface area (Å²) in [7, 11) is 0. The molecular weight excluding hydrogens is 152 g/mol. The molecule has 10 heavy (non-hydrogen) atoms. The number of carbonyl (C=O) groups excluding carboxylic acids is 2. The van der Waals surface area contributed by atoms with Crippen molar-refractivity contribution in [3.63, 3.8) is 0 Å². The van der Waals surface area contributed by atoms with Crippen molar-refractivity contribution in [3.8, 4) is 0 Å². The summed E-state index contributed by atoms with van der Waals surface area (Å²) >= 11 is 5.37. The van der Waals surface area contributed by atoms with Crippen LogP contribution in [0.1, 0.15) is 6.92 Å². The van der Waals surface area contributed by atoms with E-state index < -0.39 is 11.6 Å². The van der Waals surface area contributed by atoms with Gasteiger partial charge in [-0.3, -0.25) is 9.59 Å². The zero-order valence-corrected chi connectivity index (χ0v) is 6.11. The van der Waals surface area contributed by atoms with E-state index in [9.17, 15) is 9.59 Å². The minimum atomic E-state index is -0.610. The molecule has 0 amide bonds. The minimum absolute atomic E-state index is 0.00407. The van der Waals surface area contributed by atoms with Crippen LogP contribution in [-0.4, -0.2) is 11.6 Å². The molecule has 0 aromatic rings. The lowest BCUT2D eigenvalue weighted by Crippen LogP contribution is -2.17. The van der Waals surface area contributed by atoms with E-state index in [0.717, 1.165) is 0 Å². The molecule has 0 N–H and O–H groups in total. The van der Waals surface area contributed by atoms with Crippen molar-refractivity contribution in [2.45, 2.75) is 6.92 Å². The second-order valence-corrected chi connectivity index (χ2v) is 2.43. The number of hydrogen-bond acceptors (Lipinski definition) is 2. The van der Waals surface area contributed by atoms with Crippen LogP contribution in [0.5, 0.6) is 0 Å². The van der Waals surface area contributed by atoms with E-state index in [0.29, 0.717) is 5.57 Å². The van der Waals surface area contributed by atoms with E-state index in [-0.39, 0.29) is 5.03 Å². The van der Waals surface area contributed by atoms with E-state index in [1.165, 1.54) is 12.2 Å². The molecule has 0 atom stereocenters. The minimum Gasteiger partial charge on any atom is -0.285 e. The Kier molecular flexibility index (Phi) is 1.72. The number of hydrogen-bond donors (Lipinski definition) is 0. The molecule has 0 fully saturated rings. The molecule has 2 nitrogen and oxygen atoms in total. The van der Waals surface area contributed by atoms with Crippen LogP contribution >= 0.6 is 11.6 Å². The third-order valence-electron chi connectivity index (χ3n) is 1.26. The first kappa shape index (κ1) is 7.22. The van der Waals surface area contributed by atoms with Gasteiger partial charge in [-0.25, -0.2) is 0 Å². The van der Waals surface area contributed by atoms with Gasteiger partial charge in [-0.2, -0.15) is 0 Å². The van der Waals surface area contributed by atoms with Crippen LogP contribution in [0.15, 0.2) is 22.8 Å². The fraction of sp³-hybridized carbons (Fsp3) is 0.143. The van der Waals surface area contributed by atoms with Crippen LogP contribution in [0.4, 0.5) is 0 Å². The van der Waals surface area contributed by atoms with E-state index in [1.54, 1.807) is 6.92 Å². The molecule has 0 saturated heterocycles. The molecule has 0 heterocycles. The average molecular weight is 157 g/mol. The highest BCUT2D eigenvalue weighted by Gasteiger charge is 2.21. The second kappa shape index (κ2) is 2.39. The summed E-state index contributed by atoms with van der Waals surface area (Å²) in [5.74, 6) is -1.12. The number of carbonyl (C=O) groups is 2. The van der Waals surface area contributed by atoms with E-state index in [2.05, 4.69) is 0 Å². The van der Waals surface area contributed by atoms with Crippen molar-refractivity contribution >= 4 is 23.2 Å². The Hall–Kier alpha value is -0.890. The van der Waals surface area contributed by atoms with Gasteiger partial charge in [-0.15, -0.1) is 0 Å². The van der Waals surface area contributed by atoms with E-state index in [1.807, 2.05) is 0 Å². The van der Waals surface area contributed by atoms with Crippen molar-refractivity contribution in [2.24, 2.45) is 0 Å². The molecular formula is C7H5ClO2. The maximum atomic E-state index is 10.8. The first-order valence-corrected chi connectivity index (χ1v) is 3.14. The largest absolute Gasteiger partial charge is 0.285 e. The van der Waals surface area contributed by atoms with Crippen molar-refractivity contribution in [2.75, 3.05) is 0 Å². The molecule has 0 spiro atoms. The average Bonchev–Trinajstić information content (AvgIpc) is 1.93. The molecule has 3 heteroatoms. The summed E-state index contributed by atoms with van der Waals surface area (Å²) in [6.07, 6.45) is 2.96. The van der Waals surface area contributed by atoms with Crippen LogP contribution in [0, 0.1) is 0 Å². The molecule has 1 rings (SSSR count). The zero-order valence-electron chi connectivity index (χ0n) is 5.35. The van der Waals surface area contributed by atoms with Gasteiger partial charge in [0.1, 0.15) is 0 Å². The third-order valence-corrected chi connectivity index (χ3v) is 1.56. The van der Waals surface area contributed by atoms with Gasteiger partial charge in [0.25, 0.3) is 0 Å². The van der Waals surface area contributed by atoms with Gasteiger partial charge in [-0.05, 0) is 13.0 Å². The Morgan fingerprint density at radius 3 is 2.30 bits per heavy atom. The lowest BCUT2D eigenvalue weighted by molar-refractivity contribution is -0.131. The molecule has 0 aromatic carbocycles. The predicted molar refractivity (Wildman–Crippen MR) is 37.7 cm³/mol. The van der Waals surface area contributed by atoms with Gasteiger partial charge < -0.3 is 0 Å². The van der Waals surface area contributed by atoms with Crippen molar-refractivity contribution in [1.29, 1.82) is 0 Å². The molecule has 0 bridgehead atoms. The Morgan fingerprint density at radius 2 is 1.80 bits per heavy atom. The SMILES string of the molecule is CC1=CC=C(Cl)C(=O)C1=O. The Balaban J connectivity index is 3.09. The van der Waals surface area contributed by atoms with Gasteiger partial charge in [0.2, 0.25) is 11.6 Å². The van der Waals surface area contributed by atoms with E-state index >= 15 is 0 Å². The fourth-order valence-electron chi connectivity index (χ4n) is 0.637. The molecule has 0 unspecified atom stereocenters. The monoisotopic (exact) mass is 156 g/mol. The van der Waals surface area contributed by atoms with Gasteiger partial charge >= 0.3 is 0 Å². The smallest absolute Gasteiger partial charge is 0.244 e. The molecule has 1 aliphatic carbocycles. The topological polar surface area (TPSA) is 34.1 Å². The summed E-state index contributed by atoms with van der Waals surface area (Å²) < 4.78 is 0. The summed E-state index contributed by atoms with van der Waals surface area (Å²) in [6, 6.07) is 0. The summed E-state index contributed by atoms with van der Waals surface area (Å²) in [5.41, 5.74) is 0.439. The van der Waals surface area contributed by atoms with Crippen LogP contribution in [0.3, 0.4) is 0 Å². The van der Waals surface area contributed by atoms with Crippen LogP contribution < -0.4 is 0 Å². The number of Topliss-reactive ketones (excluding diaryl/α,β-unsaturated/α-hetero) is 2. The van der Waals surface area contributed by atoms with Gasteiger partial charge in [0.15, 0.2) is 0 Å². The lowest BCUT2D eigenvalue weighted by atomic mass is 10.0. The molecule has 0 aromatic heterocycles. The number of ketones is 2. The summed E-state index contributed by atoms with van der Waals surface area (Å²) in [4.78, 5) is 21.5. The highest BCUT2D eigenvalue weighted by Crippen LogP contribution is 2.13. The Bertz CT molecular complexity index is 225. The standard InChI is InChI=1S/C7H5ClO2/c1-4-2-3-5(8)7(10)6(4)9/h2-3H,1H3. The van der Waals surface area contributed by atoms with Crippen molar-refractivity contribution in [3.05, 3.63) is 22.8 Å². The Morgan fingerprint density at radius 1 is 1.20 bits per heavy atom. The van der Waals surface area contributed by atoms with Gasteiger partial charge in [0.05, 0.1) is 5.03 Å². The van der Waals surface area contributed by atoms with Crippen LogP contribution in [0.2, 0.25) is 0 Å². The highest BCUT2D eigenvalue weighted by atomic mass is 35.5. The molecule has 0 radical (unpaired) electrons. The van der Waals surface area contributed by atoms with Gasteiger partial charge in [-0.1, -0.05) is 17.7 Å². The van der Waals surface area contributed by atoms with Crippen molar-refractivity contribution < 1.29 is 9.59 Å². The van der Waals surface area contributed by atoms with Crippen LogP contribution in [-0.2, 0) is 9.59 Å². The number of halogens is 1. The lowest BCUT2D eigenvalue weighted by Gasteiger charge is -2.02. The number of allylic oxidation sites excluding steroid dienone is 4. The third kappa shape index (κ3) is 1.02.